The standard InChI is InChI=1S/C27H23ClO5/c1-27(2,3)19-9-7-17(8-10-19)24-25(23(29)21-14-20(28)11-12-22(21)33-24)32-15-16-5-4-6-18(13-16)26(30)31/h4-14H,15H2,1-3H3,(H,30,31). The van der Waals surface area contributed by atoms with Crippen molar-refractivity contribution in [3.63, 3.8) is 0 Å². The molecule has 33 heavy (non-hydrogen) atoms. The Bertz CT molecular complexity index is 1400. The molecule has 4 aromatic rings. The van der Waals surface area contributed by atoms with Gasteiger partial charge in [-0.3, -0.25) is 4.79 Å². The number of halogens is 1. The normalized spacial score (nSPS) is 11.5. The SMILES string of the molecule is CC(C)(C)c1ccc(-c2oc3ccc(Cl)cc3c(=O)c2OCc2cccc(C(=O)O)c2)cc1. The van der Waals surface area contributed by atoms with Gasteiger partial charge < -0.3 is 14.3 Å². The van der Waals surface area contributed by atoms with Crippen molar-refractivity contribution in [1.29, 1.82) is 0 Å². The van der Waals surface area contributed by atoms with Gasteiger partial charge in [0.1, 0.15) is 12.2 Å². The zero-order chi connectivity index (χ0) is 23.8. The Kier molecular flexibility index (Phi) is 6.00. The molecule has 0 saturated carbocycles. The maximum absolute atomic E-state index is 13.4. The number of rotatable bonds is 5. The van der Waals surface area contributed by atoms with Crippen molar-refractivity contribution >= 4 is 28.5 Å². The summed E-state index contributed by atoms with van der Waals surface area (Å²) in [7, 11) is 0. The first kappa shape index (κ1) is 22.6. The molecule has 0 aliphatic rings. The lowest BCUT2D eigenvalue weighted by Crippen LogP contribution is -2.12. The van der Waals surface area contributed by atoms with Crippen molar-refractivity contribution in [2.24, 2.45) is 0 Å². The lowest BCUT2D eigenvalue weighted by Gasteiger charge is -2.19. The summed E-state index contributed by atoms with van der Waals surface area (Å²) < 4.78 is 12.1. The van der Waals surface area contributed by atoms with Crippen molar-refractivity contribution in [3.8, 4) is 17.1 Å². The lowest BCUT2D eigenvalue weighted by atomic mass is 9.86. The van der Waals surface area contributed by atoms with E-state index in [1.807, 2.05) is 24.3 Å². The molecule has 4 rings (SSSR count). The molecule has 1 heterocycles. The summed E-state index contributed by atoms with van der Waals surface area (Å²) in [6, 6.07) is 19.1. The van der Waals surface area contributed by atoms with E-state index in [1.54, 1.807) is 30.3 Å². The van der Waals surface area contributed by atoms with Gasteiger partial charge in [0.2, 0.25) is 11.2 Å². The molecule has 5 nitrogen and oxygen atoms in total. The number of hydrogen-bond acceptors (Lipinski definition) is 4. The quantitative estimate of drug-likeness (QED) is 0.357. The van der Waals surface area contributed by atoms with Gasteiger partial charge in [0.05, 0.1) is 10.9 Å². The van der Waals surface area contributed by atoms with E-state index in [-0.39, 0.29) is 28.8 Å². The molecule has 6 heteroatoms. The number of carboxylic acid groups (broad SMARTS) is 1. The molecular formula is C27H23ClO5. The summed E-state index contributed by atoms with van der Waals surface area (Å²) in [4.78, 5) is 24.6. The molecule has 0 aliphatic heterocycles. The van der Waals surface area contributed by atoms with Crippen LogP contribution in [0.25, 0.3) is 22.3 Å². The van der Waals surface area contributed by atoms with Crippen LogP contribution in [0, 0.1) is 0 Å². The van der Waals surface area contributed by atoms with Gasteiger partial charge in [-0.15, -0.1) is 0 Å². The number of hydrogen-bond donors (Lipinski definition) is 1. The Morgan fingerprint density at radius 1 is 1.03 bits per heavy atom. The first-order chi connectivity index (χ1) is 15.6. The van der Waals surface area contributed by atoms with Crippen molar-refractivity contribution in [3.05, 3.63) is 98.7 Å². The third-order valence-corrected chi connectivity index (χ3v) is 5.62. The van der Waals surface area contributed by atoms with E-state index in [1.165, 1.54) is 12.1 Å². The van der Waals surface area contributed by atoms with Gasteiger partial charge in [0, 0.05) is 10.6 Å². The average molecular weight is 463 g/mol. The van der Waals surface area contributed by atoms with E-state index < -0.39 is 5.97 Å². The monoisotopic (exact) mass is 462 g/mol. The molecule has 0 atom stereocenters. The molecule has 0 spiro atoms. The van der Waals surface area contributed by atoms with Crippen LogP contribution >= 0.6 is 11.6 Å². The zero-order valence-electron chi connectivity index (χ0n) is 18.5. The van der Waals surface area contributed by atoms with E-state index in [0.717, 1.165) is 5.56 Å². The summed E-state index contributed by atoms with van der Waals surface area (Å²) in [6.45, 7) is 6.38. The van der Waals surface area contributed by atoms with E-state index in [9.17, 15) is 14.7 Å². The van der Waals surface area contributed by atoms with Crippen molar-refractivity contribution in [2.45, 2.75) is 32.8 Å². The highest BCUT2D eigenvalue weighted by Crippen LogP contribution is 2.33. The van der Waals surface area contributed by atoms with Crippen LogP contribution < -0.4 is 10.2 Å². The molecule has 1 aromatic heterocycles. The highest BCUT2D eigenvalue weighted by Gasteiger charge is 2.20. The average Bonchev–Trinajstić information content (AvgIpc) is 2.78. The van der Waals surface area contributed by atoms with Crippen LogP contribution in [0.15, 0.2) is 75.9 Å². The van der Waals surface area contributed by atoms with E-state index in [0.29, 0.717) is 32.9 Å². The Morgan fingerprint density at radius 2 is 1.76 bits per heavy atom. The van der Waals surface area contributed by atoms with Crippen molar-refractivity contribution in [2.75, 3.05) is 0 Å². The van der Waals surface area contributed by atoms with Gasteiger partial charge in [-0.2, -0.15) is 0 Å². The molecular weight excluding hydrogens is 440 g/mol. The first-order valence-electron chi connectivity index (χ1n) is 10.5. The number of fused-ring (bicyclic) bond motifs is 1. The van der Waals surface area contributed by atoms with Gasteiger partial charge >= 0.3 is 5.97 Å². The molecule has 3 aromatic carbocycles. The smallest absolute Gasteiger partial charge is 0.335 e. The number of carbonyl (C=O) groups is 1. The molecule has 168 valence electrons. The fraction of sp³-hybridized carbons (Fsp3) is 0.185. The molecule has 0 aliphatic carbocycles. The second kappa shape index (κ2) is 8.75. The molecule has 0 amide bonds. The predicted octanol–water partition coefficient (Wildman–Crippen LogP) is 6.69. The Hall–Kier alpha value is -3.57. The lowest BCUT2D eigenvalue weighted by molar-refractivity contribution is 0.0696. The second-order valence-electron chi connectivity index (χ2n) is 8.85. The molecule has 0 unspecified atom stereocenters. The van der Waals surface area contributed by atoms with Crippen LogP contribution in [0.3, 0.4) is 0 Å². The highest BCUT2D eigenvalue weighted by molar-refractivity contribution is 6.31. The zero-order valence-corrected chi connectivity index (χ0v) is 19.3. The molecule has 0 saturated heterocycles. The minimum Gasteiger partial charge on any atom is -0.481 e. The Balaban J connectivity index is 1.81. The number of aromatic carboxylic acids is 1. The van der Waals surface area contributed by atoms with Crippen LogP contribution in [0.2, 0.25) is 5.02 Å². The van der Waals surface area contributed by atoms with Gasteiger partial charge in [-0.05, 0) is 46.9 Å². The van der Waals surface area contributed by atoms with Gasteiger partial charge in [0.15, 0.2) is 5.76 Å². The molecule has 0 bridgehead atoms. The summed E-state index contributed by atoms with van der Waals surface area (Å²) >= 11 is 6.10. The molecule has 0 radical (unpaired) electrons. The van der Waals surface area contributed by atoms with Crippen LogP contribution in [0.4, 0.5) is 0 Å². The van der Waals surface area contributed by atoms with Crippen LogP contribution in [-0.4, -0.2) is 11.1 Å². The Labute approximate surface area is 196 Å². The third kappa shape index (κ3) is 4.78. The van der Waals surface area contributed by atoms with Crippen LogP contribution in [-0.2, 0) is 12.0 Å². The maximum Gasteiger partial charge on any atom is 0.335 e. The van der Waals surface area contributed by atoms with E-state index in [2.05, 4.69) is 20.8 Å². The molecule has 0 fully saturated rings. The third-order valence-electron chi connectivity index (χ3n) is 5.38. The highest BCUT2D eigenvalue weighted by atomic mass is 35.5. The van der Waals surface area contributed by atoms with Gasteiger partial charge in [-0.1, -0.05) is 68.8 Å². The number of ether oxygens (including phenoxy) is 1. The van der Waals surface area contributed by atoms with E-state index >= 15 is 0 Å². The first-order valence-corrected chi connectivity index (χ1v) is 10.8. The Morgan fingerprint density at radius 3 is 2.42 bits per heavy atom. The topological polar surface area (TPSA) is 76.7 Å². The summed E-state index contributed by atoms with van der Waals surface area (Å²) in [6.07, 6.45) is 0. The number of carboxylic acids is 1. The van der Waals surface area contributed by atoms with E-state index in [4.69, 9.17) is 20.8 Å². The predicted molar refractivity (Wildman–Crippen MR) is 129 cm³/mol. The summed E-state index contributed by atoms with van der Waals surface area (Å²) in [5.41, 5.74) is 2.65. The minimum absolute atomic E-state index is 0.00499. The summed E-state index contributed by atoms with van der Waals surface area (Å²) in [5, 5.41) is 9.96. The number of benzene rings is 3. The molecule has 1 N–H and O–H groups in total. The van der Waals surface area contributed by atoms with Crippen LogP contribution in [0.1, 0.15) is 42.3 Å². The minimum atomic E-state index is -1.03. The maximum atomic E-state index is 13.4. The second-order valence-corrected chi connectivity index (χ2v) is 9.29. The fourth-order valence-corrected chi connectivity index (χ4v) is 3.71. The van der Waals surface area contributed by atoms with Gasteiger partial charge in [-0.25, -0.2) is 4.79 Å². The summed E-state index contributed by atoms with van der Waals surface area (Å²) in [5.74, 6) is -0.671. The van der Waals surface area contributed by atoms with Gasteiger partial charge in [0.25, 0.3) is 0 Å². The fourth-order valence-electron chi connectivity index (χ4n) is 3.54. The largest absolute Gasteiger partial charge is 0.481 e. The van der Waals surface area contributed by atoms with Crippen molar-refractivity contribution in [1.82, 2.24) is 0 Å². The van der Waals surface area contributed by atoms with Crippen molar-refractivity contribution < 1.29 is 19.1 Å². The van der Waals surface area contributed by atoms with Crippen LogP contribution in [0.5, 0.6) is 5.75 Å².